The van der Waals surface area contributed by atoms with Crippen LogP contribution in [0.3, 0.4) is 0 Å². The quantitative estimate of drug-likeness (QED) is 0.852. The molecule has 0 aromatic heterocycles. The molecular weight excluding hydrogens is 332 g/mol. The normalized spacial score (nSPS) is 13.7. The van der Waals surface area contributed by atoms with Gasteiger partial charge in [-0.1, -0.05) is 22.9 Å². The molecule has 1 aromatic carbocycles. The number of hydrogen-bond donors (Lipinski definition) is 1. The molecule has 1 rings (SSSR count). The second-order valence-electron chi connectivity index (χ2n) is 5.58. The lowest BCUT2D eigenvalue weighted by molar-refractivity contribution is -0.135. The first-order valence-corrected chi connectivity index (χ1v) is 7.98. The number of benzene rings is 1. The molecule has 5 heteroatoms. The van der Waals surface area contributed by atoms with Crippen LogP contribution in [-0.4, -0.2) is 37.0 Å². The smallest absolute Gasteiger partial charge is 0.262 e. The van der Waals surface area contributed by atoms with Gasteiger partial charge in [0.05, 0.1) is 0 Å². The first-order chi connectivity index (χ1) is 9.76. The average Bonchev–Trinajstić information content (AvgIpc) is 2.41. The Kier molecular flexibility index (Phi) is 6.68. The van der Waals surface area contributed by atoms with Crippen molar-refractivity contribution >= 4 is 21.8 Å². The van der Waals surface area contributed by atoms with E-state index in [1.807, 2.05) is 19.1 Å². The molecule has 1 aromatic rings. The van der Waals surface area contributed by atoms with Gasteiger partial charge in [0.25, 0.3) is 5.91 Å². The third-order valence-electron chi connectivity index (χ3n) is 3.41. The zero-order valence-corrected chi connectivity index (χ0v) is 15.0. The highest BCUT2D eigenvalue weighted by molar-refractivity contribution is 9.10. The van der Waals surface area contributed by atoms with Gasteiger partial charge in [0.1, 0.15) is 5.75 Å². The summed E-state index contributed by atoms with van der Waals surface area (Å²) in [7, 11) is 3.45. The van der Waals surface area contributed by atoms with Gasteiger partial charge in [-0.25, -0.2) is 0 Å². The summed E-state index contributed by atoms with van der Waals surface area (Å²) in [6.45, 7) is 5.81. The molecule has 2 N–H and O–H groups in total. The molecule has 0 aliphatic carbocycles. The van der Waals surface area contributed by atoms with Gasteiger partial charge >= 0.3 is 0 Å². The second-order valence-corrected chi connectivity index (χ2v) is 6.49. The number of nitrogens with two attached hydrogens (primary N) is 1. The number of rotatable bonds is 6. The molecule has 118 valence electrons. The molecule has 0 saturated carbocycles. The van der Waals surface area contributed by atoms with Crippen LogP contribution in [0.1, 0.15) is 31.4 Å². The Labute approximate surface area is 135 Å². The van der Waals surface area contributed by atoms with Gasteiger partial charge in [0.15, 0.2) is 6.10 Å². The van der Waals surface area contributed by atoms with Crippen LogP contribution in [0.4, 0.5) is 0 Å². The molecule has 2 atom stereocenters. The summed E-state index contributed by atoms with van der Waals surface area (Å²) in [6.07, 6.45) is 1.11. The van der Waals surface area contributed by atoms with Crippen molar-refractivity contribution in [2.24, 2.45) is 5.73 Å². The lowest BCUT2D eigenvalue weighted by atomic mass is 10.0. The molecule has 1 amide bonds. The van der Waals surface area contributed by atoms with E-state index in [-0.39, 0.29) is 11.9 Å². The molecule has 0 aliphatic heterocycles. The van der Waals surface area contributed by atoms with Gasteiger partial charge in [0, 0.05) is 24.6 Å². The van der Waals surface area contributed by atoms with Crippen molar-refractivity contribution in [2.75, 3.05) is 14.1 Å². The Balaban J connectivity index is 3.07. The minimum atomic E-state index is -0.517. The summed E-state index contributed by atoms with van der Waals surface area (Å²) in [5, 5.41) is 0. The topological polar surface area (TPSA) is 55.6 Å². The van der Waals surface area contributed by atoms with Crippen LogP contribution < -0.4 is 10.5 Å². The molecule has 0 bridgehead atoms. The number of carbonyl (C=O) groups excluding carboxylic acids is 1. The first kappa shape index (κ1) is 18.0. The Morgan fingerprint density at radius 3 is 2.57 bits per heavy atom. The van der Waals surface area contributed by atoms with Gasteiger partial charge in [-0.3, -0.25) is 4.79 Å². The van der Waals surface area contributed by atoms with E-state index in [4.69, 9.17) is 10.5 Å². The summed E-state index contributed by atoms with van der Waals surface area (Å²) in [5.41, 5.74) is 8.10. The maximum atomic E-state index is 12.0. The van der Waals surface area contributed by atoms with Crippen molar-refractivity contribution in [3.8, 4) is 5.75 Å². The van der Waals surface area contributed by atoms with E-state index in [9.17, 15) is 4.79 Å². The third kappa shape index (κ3) is 5.00. The number of hydrogen-bond acceptors (Lipinski definition) is 3. The fourth-order valence-electron chi connectivity index (χ4n) is 2.14. The number of aryl methyl sites for hydroxylation is 1. The number of ether oxygens (including phenoxy) is 1. The monoisotopic (exact) mass is 356 g/mol. The largest absolute Gasteiger partial charge is 0.480 e. The van der Waals surface area contributed by atoms with Crippen molar-refractivity contribution in [1.82, 2.24) is 4.90 Å². The molecule has 4 nitrogen and oxygen atoms in total. The summed E-state index contributed by atoms with van der Waals surface area (Å²) >= 11 is 3.51. The molecule has 0 radical (unpaired) electrons. The summed E-state index contributed by atoms with van der Waals surface area (Å²) in [4.78, 5) is 13.5. The predicted molar refractivity (Wildman–Crippen MR) is 89.6 cm³/mol. The standard InChI is InChI=1S/C16H25BrN2O2/c1-6-14(18)9-12-8-13(17)7-10(2)15(12)21-11(3)16(20)19(4)5/h7-8,11,14H,6,9,18H2,1-5H3. The van der Waals surface area contributed by atoms with E-state index in [2.05, 4.69) is 22.9 Å². The van der Waals surface area contributed by atoms with Crippen LogP contribution in [0.2, 0.25) is 0 Å². The van der Waals surface area contributed by atoms with Crippen molar-refractivity contribution in [2.45, 2.75) is 45.8 Å². The highest BCUT2D eigenvalue weighted by Gasteiger charge is 2.20. The van der Waals surface area contributed by atoms with Crippen LogP contribution in [0, 0.1) is 6.92 Å². The lowest BCUT2D eigenvalue weighted by Crippen LogP contribution is -2.35. The second kappa shape index (κ2) is 7.80. The van der Waals surface area contributed by atoms with Crippen LogP contribution in [0.25, 0.3) is 0 Å². The Bertz CT molecular complexity index is 503. The minimum Gasteiger partial charge on any atom is -0.480 e. The molecule has 21 heavy (non-hydrogen) atoms. The molecule has 0 spiro atoms. The molecule has 0 saturated heterocycles. The maximum Gasteiger partial charge on any atom is 0.262 e. The molecule has 2 unspecified atom stereocenters. The van der Waals surface area contributed by atoms with Crippen molar-refractivity contribution < 1.29 is 9.53 Å². The van der Waals surface area contributed by atoms with E-state index in [1.54, 1.807) is 21.0 Å². The molecule has 0 heterocycles. The average molecular weight is 357 g/mol. The Hall–Kier alpha value is -1.07. The van der Waals surface area contributed by atoms with Crippen molar-refractivity contribution in [3.05, 3.63) is 27.7 Å². The van der Waals surface area contributed by atoms with Crippen LogP contribution in [-0.2, 0) is 11.2 Å². The lowest BCUT2D eigenvalue weighted by Gasteiger charge is -2.22. The number of amides is 1. The zero-order chi connectivity index (χ0) is 16.2. The zero-order valence-electron chi connectivity index (χ0n) is 13.4. The van der Waals surface area contributed by atoms with E-state index < -0.39 is 6.10 Å². The fourth-order valence-corrected chi connectivity index (χ4v) is 2.76. The number of carbonyl (C=O) groups is 1. The third-order valence-corrected chi connectivity index (χ3v) is 3.86. The number of nitrogens with zero attached hydrogens (tertiary/aromatic N) is 1. The van der Waals surface area contributed by atoms with Crippen LogP contribution in [0.15, 0.2) is 16.6 Å². The maximum absolute atomic E-state index is 12.0. The molecule has 0 aliphatic rings. The van der Waals surface area contributed by atoms with Gasteiger partial charge < -0.3 is 15.4 Å². The van der Waals surface area contributed by atoms with Gasteiger partial charge in [-0.05, 0) is 49.9 Å². The number of likely N-dealkylation sites (N-methyl/N-ethyl adjacent to an activating group) is 1. The first-order valence-electron chi connectivity index (χ1n) is 7.18. The van der Waals surface area contributed by atoms with Crippen molar-refractivity contribution in [1.29, 1.82) is 0 Å². The number of halogens is 1. The summed E-state index contributed by atoms with van der Waals surface area (Å²) in [6, 6.07) is 4.09. The van der Waals surface area contributed by atoms with E-state index in [0.29, 0.717) is 0 Å². The minimum absolute atomic E-state index is 0.0527. The van der Waals surface area contributed by atoms with Crippen molar-refractivity contribution in [3.63, 3.8) is 0 Å². The molecular formula is C16H25BrN2O2. The predicted octanol–water partition coefficient (Wildman–Crippen LogP) is 2.89. The van der Waals surface area contributed by atoms with E-state index in [0.717, 1.165) is 34.2 Å². The Morgan fingerprint density at radius 2 is 2.05 bits per heavy atom. The highest BCUT2D eigenvalue weighted by atomic mass is 79.9. The Morgan fingerprint density at radius 1 is 1.43 bits per heavy atom. The van der Waals surface area contributed by atoms with E-state index in [1.165, 1.54) is 4.90 Å². The molecule has 0 fully saturated rings. The van der Waals surface area contributed by atoms with Crippen LogP contribution >= 0.6 is 15.9 Å². The fraction of sp³-hybridized carbons (Fsp3) is 0.562. The van der Waals surface area contributed by atoms with Gasteiger partial charge in [0.2, 0.25) is 0 Å². The highest BCUT2D eigenvalue weighted by Crippen LogP contribution is 2.30. The van der Waals surface area contributed by atoms with E-state index >= 15 is 0 Å². The van der Waals surface area contributed by atoms with Gasteiger partial charge in [-0.2, -0.15) is 0 Å². The van der Waals surface area contributed by atoms with Gasteiger partial charge in [-0.15, -0.1) is 0 Å². The summed E-state index contributed by atoms with van der Waals surface area (Å²) in [5.74, 6) is 0.716. The van der Waals surface area contributed by atoms with Crippen LogP contribution in [0.5, 0.6) is 5.75 Å². The summed E-state index contributed by atoms with van der Waals surface area (Å²) < 4.78 is 6.93. The SMILES string of the molecule is CCC(N)Cc1cc(Br)cc(C)c1OC(C)C(=O)N(C)C.